The summed E-state index contributed by atoms with van der Waals surface area (Å²) in [4.78, 5) is 36.7. The fourth-order valence-corrected chi connectivity index (χ4v) is 5.77. The van der Waals surface area contributed by atoms with Gasteiger partial charge in [0.25, 0.3) is 0 Å². The van der Waals surface area contributed by atoms with Crippen molar-refractivity contribution in [1.82, 2.24) is 0 Å². The van der Waals surface area contributed by atoms with E-state index in [1.165, 1.54) is 6.08 Å². The summed E-state index contributed by atoms with van der Waals surface area (Å²) in [6.45, 7) is 16.2. The van der Waals surface area contributed by atoms with Gasteiger partial charge in [-0.3, -0.25) is 9.59 Å². The summed E-state index contributed by atoms with van der Waals surface area (Å²) in [5.41, 5.74) is 1.64. The fourth-order valence-electron chi connectivity index (χ4n) is 5.77. The van der Waals surface area contributed by atoms with Crippen LogP contribution in [0.4, 0.5) is 0 Å². The van der Waals surface area contributed by atoms with E-state index in [9.17, 15) is 14.4 Å². The fraction of sp³-hybridized carbons (Fsp3) is 0.567. The zero-order valence-electron chi connectivity index (χ0n) is 22.5. The maximum Gasteiger partial charge on any atom is 0.351 e. The predicted molar refractivity (Wildman–Crippen MR) is 137 cm³/mol. The van der Waals surface area contributed by atoms with E-state index in [4.69, 9.17) is 9.47 Å². The summed E-state index contributed by atoms with van der Waals surface area (Å²) in [6, 6.07) is 0. The Labute approximate surface area is 210 Å². The summed E-state index contributed by atoms with van der Waals surface area (Å²) < 4.78 is 11.9. The molecule has 1 aliphatic heterocycles. The molecule has 5 heteroatoms. The molecule has 1 saturated carbocycles. The van der Waals surface area contributed by atoms with Gasteiger partial charge in [0, 0.05) is 5.41 Å². The van der Waals surface area contributed by atoms with Crippen LogP contribution in [-0.2, 0) is 23.9 Å². The molecular weight excluding hydrogens is 440 g/mol. The van der Waals surface area contributed by atoms with Gasteiger partial charge in [0.15, 0.2) is 0 Å². The molecule has 2 aliphatic carbocycles. The van der Waals surface area contributed by atoms with Crippen molar-refractivity contribution in [3.8, 4) is 0 Å². The first-order chi connectivity index (χ1) is 16.2. The number of carbonyl (C=O) groups is 3. The van der Waals surface area contributed by atoms with Crippen LogP contribution >= 0.6 is 0 Å². The maximum atomic E-state index is 13.5. The standard InChI is InChI=1S/C30H40O5/c1-20(10-9-11-21(2)15-19-31)12-13-23-22(3)24(14-16-27(23,4)5)34-26(33)30-18-17-29(8,25(32)35-30)28(30,6)7/h9-13,15,19,24H,14,16-18H2,1-8H3/b11-9+,13-12+,20-10+,21-15+/t24?,29-,30+/m0/s1. The van der Waals surface area contributed by atoms with Gasteiger partial charge in [-0.15, -0.1) is 0 Å². The molecule has 0 aromatic carbocycles. The lowest BCUT2D eigenvalue weighted by molar-refractivity contribution is -0.186. The van der Waals surface area contributed by atoms with Crippen molar-refractivity contribution in [2.45, 2.75) is 92.8 Å². The molecule has 3 atom stereocenters. The summed E-state index contributed by atoms with van der Waals surface area (Å²) >= 11 is 0. The number of esters is 2. The number of fused-ring (bicyclic) bond motifs is 2. The molecule has 3 rings (SSSR count). The minimum absolute atomic E-state index is 0.0494. The maximum absolute atomic E-state index is 13.5. The van der Waals surface area contributed by atoms with E-state index in [1.54, 1.807) is 0 Å². The Hall–Kier alpha value is -2.69. The molecule has 1 unspecified atom stereocenters. The SMILES string of the molecule is CC1=C(/C=C/C(C)=C/C=C/C(C)=C/C=O)C(C)(C)CCC1OC(=O)[C@@]12CC[C@@](C)(C(=O)O1)C2(C)C. The summed E-state index contributed by atoms with van der Waals surface area (Å²) in [5.74, 6) is -0.705. The number of hydrogen-bond acceptors (Lipinski definition) is 5. The largest absolute Gasteiger partial charge is 0.455 e. The number of hydrogen-bond donors (Lipinski definition) is 0. The molecule has 2 bridgehead atoms. The van der Waals surface area contributed by atoms with Gasteiger partial charge in [0.1, 0.15) is 12.4 Å². The lowest BCUT2D eigenvalue weighted by atomic mass is 9.66. The van der Waals surface area contributed by atoms with Gasteiger partial charge < -0.3 is 9.47 Å². The zero-order valence-corrected chi connectivity index (χ0v) is 22.5. The van der Waals surface area contributed by atoms with E-state index >= 15 is 0 Å². The van der Waals surface area contributed by atoms with Crippen molar-refractivity contribution < 1.29 is 23.9 Å². The summed E-state index contributed by atoms with van der Waals surface area (Å²) in [6.07, 6.45) is 14.7. The van der Waals surface area contributed by atoms with E-state index in [2.05, 4.69) is 26.0 Å². The first-order valence-corrected chi connectivity index (χ1v) is 12.5. The highest BCUT2D eigenvalue weighted by molar-refractivity contribution is 5.93. The van der Waals surface area contributed by atoms with Gasteiger partial charge in [-0.1, -0.05) is 63.6 Å². The Balaban J connectivity index is 1.82. The molecule has 5 nitrogen and oxygen atoms in total. The van der Waals surface area contributed by atoms with Crippen LogP contribution in [0.15, 0.2) is 58.7 Å². The van der Waals surface area contributed by atoms with Crippen LogP contribution in [-0.4, -0.2) is 29.9 Å². The second-order valence-corrected chi connectivity index (χ2v) is 11.7. The molecule has 1 heterocycles. The van der Waals surface area contributed by atoms with Crippen molar-refractivity contribution in [1.29, 1.82) is 0 Å². The highest BCUT2D eigenvalue weighted by Gasteiger charge is 2.76. The number of aldehydes is 1. The van der Waals surface area contributed by atoms with Crippen molar-refractivity contribution in [3.63, 3.8) is 0 Å². The molecule has 0 aromatic rings. The van der Waals surface area contributed by atoms with Gasteiger partial charge in [-0.25, -0.2) is 4.79 Å². The molecule has 3 aliphatic rings. The van der Waals surface area contributed by atoms with E-state index in [0.29, 0.717) is 12.8 Å². The number of carbonyl (C=O) groups excluding carboxylic acids is 3. The van der Waals surface area contributed by atoms with Crippen LogP contribution in [0, 0.1) is 16.2 Å². The smallest absolute Gasteiger partial charge is 0.351 e. The summed E-state index contributed by atoms with van der Waals surface area (Å²) in [7, 11) is 0. The number of allylic oxidation sites excluding steroid dienone is 9. The molecule has 0 aromatic heterocycles. The molecule has 0 spiro atoms. The van der Waals surface area contributed by atoms with Gasteiger partial charge in [0.05, 0.1) is 5.41 Å². The first-order valence-electron chi connectivity index (χ1n) is 12.5. The molecule has 35 heavy (non-hydrogen) atoms. The Morgan fingerprint density at radius 1 is 1.00 bits per heavy atom. The molecule has 0 radical (unpaired) electrons. The molecule has 1 saturated heterocycles. The van der Waals surface area contributed by atoms with Crippen LogP contribution in [0.5, 0.6) is 0 Å². The Morgan fingerprint density at radius 3 is 2.23 bits per heavy atom. The van der Waals surface area contributed by atoms with Gasteiger partial charge in [-0.05, 0) is 81.6 Å². The third kappa shape index (κ3) is 4.50. The lowest BCUT2D eigenvalue weighted by Gasteiger charge is -2.39. The van der Waals surface area contributed by atoms with Gasteiger partial charge >= 0.3 is 11.9 Å². The predicted octanol–water partition coefficient (Wildman–Crippen LogP) is 6.36. The topological polar surface area (TPSA) is 69.7 Å². The van der Waals surface area contributed by atoms with Gasteiger partial charge in [0.2, 0.25) is 5.60 Å². The first kappa shape index (κ1) is 26.9. The quantitative estimate of drug-likeness (QED) is 0.183. The highest BCUT2D eigenvalue weighted by atomic mass is 16.6. The monoisotopic (exact) mass is 480 g/mol. The Kier molecular flexibility index (Phi) is 7.23. The average Bonchev–Trinajstić information content (AvgIpc) is 3.06. The average molecular weight is 481 g/mol. The van der Waals surface area contributed by atoms with Gasteiger partial charge in [-0.2, -0.15) is 0 Å². The lowest BCUT2D eigenvalue weighted by Crippen LogP contribution is -2.50. The molecular formula is C30H40O5. The van der Waals surface area contributed by atoms with Crippen molar-refractivity contribution in [3.05, 3.63) is 58.7 Å². The third-order valence-electron chi connectivity index (χ3n) is 8.89. The highest BCUT2D eigenvalue weighted by Crippen LogP contribution is 2.66. The van der Waals surface area contributed by atoms with E-state index in [1.807, 2.05) is 59.8 Å². The third-order valence-corrected chi connectivity index (χ3v) is 8.89. The number of ether oxygens (including phenoxy) is 2. The minimum atomic E-state index is -1.20. The van der Waals surface area contributed by atoms with Crippen molar-refractivity contribution >= 4 is 18.2 Å². The van der Waals surface area contributed by atoms with E-state index < -0.39 is 22.4 Å². The normalized spacial score (nSPS) is 32.5. The van der Waals surface area contributed by atoms with Crippen LogP contribution < -0.4 is 0 Å². The van der Waals surface area contributed by atoms with Crippen LogP contribution in [0.1, 0.15) is 81.1 Å². The molecule has 190 valence electrons. The van der Waals surface area contributed by atoms with E-state index in [0.717, 1.165) is 41.4 Å². The van der Waals surface area contributed by atoms with Crippen molar-refractivity contribution in [2.24, 2.45) is 16.2 Å². The second kappa shape index (κ2) is 9.40. The zero-order chi connectivity index (χ0) is 26.2. The van der Waals surface area contributed by atoms with Crippen LogP contribution in [0.2, 0.25) is 0 Å². The number of rotatable bonds is 7. The minimum Gasteiger partial charge on any atom is -0.455 e. The summed E-state index contributed by atoms with van der Waals surface area (Å²) in [5, 5.41) is 0. The molecule has 0 amide bonds. The van der Waals surface area contributed by atoms with E-state index in [-0.39, 0.29) is 17.5 Å². The molecule has 2 fully saturated rings. The Bertz CT molecular complexity index is 1060. The second-order valence-electron chi connectivity index (χ2n) is 11.7. The Morgan fingerprint density at radius 2 is 1.66 bits per heavy atom. The van der Waals surface area contributed by atoms with Crippen molar-refractivity contribution in [2.75, 3.05) is 0 Å². The molecule has 0 N–H and O–H groups in total. The van der Waals surface area contributed by atoms with Crippen LogP contribution in [0.3, 0.4) is 0 Å². The van der Waals surface area contributed by atoms with Crippen LogP contribution in [0.25, 0.3) is 0 Å².